The van der Waals surface area contributed by atoms with E-state index in [1.807, 2.05) is 18.2 Å². The molecule has 1 saturated carbocycles. The van der Waals surface area contributed by atoms with Gasteiger partial charge in [0.05, 0.1) is 6.20 Å². The van der Waals surface area contributed by atoms with E-state index < -0.39 is 0 Å². The fraction of sp³-hybridized carbons (Fsp3) is 0.312. The van der Waals surface area contributed by atoms with E-state index in [9.17, 15) is 0 Å². The van der Waals surface area contributed by atoms with Crippen LogP contribution in [0.25, 0.3) is 5.76 Å². The highest BCUT2D eigenvalue weighted by atomic mass is 16.5. The molecule has 1 unspecified atom stereocenters. The van der Waals surface area contributed by atoms with Crippen LogP contribution in [0.15, 0.2) is 47.1 Å². The average molecular weight is 267 g/mol. The van der Waals surface area contributed by atoms with Gasteiger partial charge in [0.2, 0.25) is 5.76 Å². The van der Waals surface area contributed by atoms with E-state index in [1.165, 1.54) is 19.3 Å². The normalized spacial score (nSPS) is 22.3. The molecule has 2 heterocycles. The van der Waals surface area contributed by atoms with E-state index in [0.717, 1.165) is 5.69 Å². The summed E-state index contributed by atoms with van der Waals surface area (Å²) in [6.07, 6.45) is 8.64. The third-order valence-corrected chi connectivity index (χ3v) is 3.96. The molecule has 0 amide bonds. The number of ether oxygens (including phenoxy) is 1. The lowest BCUT2D eigenvalue weighted by Gasteiger charge is -2.35. The summed E-state index contributed by atoms with van der Waals surface area (Å²) in [5, 5.41) is 3.73. The van der Waals surface area contributed by atoms with Crippen LogP contribution in [-0.4, -0.2) is 11.4 Å². The van der Waals surface area contributed by atoms with Crippen molar-refractivity contribution < 1.29 is 9.26 Å². The predicted octanol–water partition coefficient (Wildman–Crippen LogP) is 3.44. The molecule has 101 valence electrons. The number of hydrogen-bond acceptors (Lipinski definition) is 4. The topological polar surface area (TPSA) is 38.5 Å². The Labute approximate surface area is 117 Å². The van der Waals surface area contributed by atoms with Crippen molar-refractivity contribution in [2.75, 3.05) is 4.90 Å². The molecule has 1 atom stereocenters. The second-order valence-corrected chi connectivity index (χ2v) is 5.22. The van der Waals surface area contributed by atoms with Gasteiger partial charge in [-0.25, -0.2) is 0 Å². The van der Waals surface area contributed by atoms with E-state index in [0.29, 0.717) is 17.4 Å². The third kappa shape index (κ3) is 1.88. The Morgan fingerprint density at radius 1 is 1.15 bits per heavy atom. The molecule has 1 aliphatic carbocycles. The van der Waals surface area contributed by atoms with Crippen molar-refractivity contribution in [1.82, 2.24) is 5.16 Å². The summed E-state index contributed by atoms with van der Waals surface area (Å²) in [5.41, 5.74) is 1.10. The lowest BCUT2D eigenvalue weighted by Crippen LogP contribution is -2.38. The summed E-state index contributed by atoms with van der Waals surface area (Å²) in [7, 11) is 0. The summed E-state index contributed by atoms with van der Waals surface area (Å²) in [5.74, 6) is 1.83. The van der Waals surface area contributed by atoms with Crippen LogP contribution in [0.2, 0.25) is 0 Å². The maximum absolute atomic E-state index is 6.07. The van der Waals surface area contributed by atoms with Gasteiger partial charge in [-0.2, -0.15) is 0 Å². The summed E-state index contributed by atoms with van der Waals surface area (Å²) in [6.45, 7) is 0. The van der Waals surface area contributed by atoms with Crippen LogP contribution < -0.4 is 4.90 Å². The van der Waals surface area contributed by atoms with Crippen LogP contribution in [0.4, 0.5) is 5.69 Å². The highest BCUT2D eigenvalue weighted by molar-refractivity contribution is 5.62. The third-order valence-electron chi connectivity index (χ3n) is 3.96. The minimum atomic E-state index is 0.0197. The Balaban J connectivity index is 1.68. The van der Waals surface area contributed by atoms with Crippen LogP contribution in [0.1, 0.15) is 25.0 Å². The Bertz CT molecular complexity index is 603. The quantitative estimate of drug-likeness (QED) is 0.854. The molecule has 20 heavy (non-hydrogen) atoms. The molecule has 4 rings (SSSR count). The minimum absolute atomic E-state index is 0.0197. The van der Waals surface area contributed by atoms with Gasteiger partial charge in [-0.1, -0.05) is 29.8 Å². The maximum atomic E-state index is 6.07. The second kappa shape index (κ2) is 4.71. The van der Waals surface area contributed by atoms with Crippen molar-refractivity contribution in [3.05, 3.63) is 54.6 Å². The molecule has 1 aliphatic heterocycles. The van der Waals surface area contributed by atoms with Crippen molar-refractivity contribution >= 4 is 11.4 Å². The van der Waals surface area contributed by atoms with E-state index in [2.05, 4.69) is 28.4 Å². The molecule has 2 aliphatic rings. The minimum Gasteiger partial charge on any atom is -0.464 e. The first-order valence-electron chi connectivity index (χ1n) is 6.97. The molecule has 0 bridgehead atoms. The first-order chi connectivity index (χ1) is 9.92. The molecule has 1 fully saturated rings. The first-order valence-corrected chi connectivity index (χ1v) is 6.97. The second-order valence-electron chi connectivity index (χ2n) is 5.22. The summed E-state index contributed by atoms with van der Waals surface area (Å²) >= 11 is 0. The van der Waals surface area contributed by atoms with Crippen LogP contribution in [-0.2, 0) is 4.74 Å². The summed E-state index contributed by atoms with van der Waals surface area (Å²) < 4.78 is 11.3. The molecule has 0 spiro atoms. The van der Waals surface area contributed by atoms with Gasteiger partial charge in [0.25, 0.3) is 0 Å². The SMILES string of the molecule is [C]1=C(c2ccno2)OC(C2CCC2)N1c1ccccc1. The molecular formula is C16H15N2O2. The number of hydrogen-bond donors (Lipinski definition) is 0. The Morgan fingerprint density at radius 3 is 2.65 bits per heavy atom. The van der Waals surface area contributed by atoms with Crippen LogP contribution in [0.3, 0.4) is 0 Å². The summed E-state index contributed by atoms with van der Waals surface area (Å²) in [6, 6.07) is 12.0. The van der Waals surface area contributed by atoms with Crippen molar-refractivity contribution in [2.24, 2.45) is 5.92 Å². The maximum Gasteiger partial charge on any atom is 0.203 e. The molecule has 1 aromatic heterocycles. The molecule has 2 aromatic rings. The van der Waals surface area contributed by atoms with E-state index in [1.54, 1.807) is 12.3 Å². The van der Waals surface area contributed by atoms with Crippen molar-refractivity contribution in [3.8, 4) is 0 Å². The fourth-order valence-electron chi connectivity index (χ4n) is 2.65. The smallest absolute Gasteiger partial charge is 0.203 e. The Hall–Kier alpha value is -2.23. The molecule has 4 heteroatoms. The van der Waals surface area contributed by atoms with Gasteiger partial charge < -0.3 is 9.26 Å². The molecule has 0 saturated heterocycles. The first kappa shape index (κ1) is 11.6. The van der Waals surface area contributed by atoms with Gasteiger partial charge in [0.15, 0.2) is 12.0 Å². The Morgan fingerprint density at radius 2 is 2.00 bits per heavy atom. The van der Waals surface area contributed by atoms with Crippen LogP contribution in [0.5, 0.6) is 0 Å². The number of para-hydroxylation sites is 1. The van der Waals surface area contributed by atoms with Gasteiger partial charge in [-0.05, 0) is 25.0 Å². The molecular weight excluding hydrogens is 252 g/mol. The number of rotatable bonds is 3. The van der Waals surface area contributed by atoms with E-state index >= 15 is 0 Å². The standard InChI is InChI=1S/C16H15N2O2/c1-2-7-13(8-3-1)18-11-15(14-9-10-17-20-14)19-16(18)12-5-4-6-12/h1-3,7-10,12,16H,4-6H2. The highest BCUT2D eigenvalue weighted by Crippen LogP contribution is 2.40. The van der Waals surface area contributed by atoms with Crippen molar-refractivity contribution in [1.29, 1.82) is 0 Å². The van der Waals surface area contributed by atoms with Gasteiger partial charge in [0.1, 0.15) is 6.20 Å². The van der Waals surface area contributed by atoms with E-state index in [4.69, 9.17) is 9.26 Å². The van der Waals surface area contributed by atoms with E-state index in [-0.39, 0.29) is 6.23 Å². The molecule has 0 N–H and O–H groups in total. The molecule has 4 nitrogen and oxygen atoms in total. The van der Waals surface area contributed by atoms with Gasteiger partial charge in [0, 0.05) is 17.7 Å². The lowest BCUT2D eigenvalue weighted by molar-refractivity contribution is 0.0761. The number of anilines is 1. The van der Waals surface area contributed by atoms with Gasteiger partial charge in [-0.15, -0.1) is 0 Å². The highest BCUT2D eigenvalue weighted by Gasteiger charge is 2.38. The number of aromatic nitrogens is 1. The van der Waals surface area contributed by atoms with Crippen molar-refractivity contribution in [3.63, 3.8) is 0 Å². The largest absolute Gasteiger partial charge is 0.464 e. The monoisotopic (exact) mass is 267 g/mol. The molecule has 1 radical (unpaired) electrons. The van der Waals surface area contributed by atoms with Crippen LogP contribution in [0, 0.1) is 12.1 Å². The van der Waals surface area contributed by atoms with Gasteiger partial charge in [-0.3, -0.25) is 4.90 Å². The zero-order valence-electron chi connectivity index (χ0n) is 11.0. The lowest BCUT2D eigenvalue weighted by atomic mass is 9.83. The zero-order chi connectivity index (χ0) is 13.4. The molecule has 1 aromatic carbocycles. The number of nitrogens with zero attached hydrogens (tertiary/aromatic N) is 2. The zero-order valence-corrected chi connectivity index (χ0v) is 11.0. The predicted molar refractivity (Wildman–Crippen MR) is 74.3 cm³/mol. The van der Waals surface area contributed by atoms with Crippen molar-refractivity contribution in [2.45, 2.75) is 25.5 Å². The summed E-state index contributed by atoms with van der Waals surface area (Å²) in [4.78, 5) is 2.08. The van der Waals surface area contributed by atoms with Crippen LogP contribution >= 0.6 is 0 Å². The average Bonchev–Trinajstić information content (AvgIpc) is 3.06. The van der Waals surface area contributed by atoms with Gasteiger partial charge >= 0.3 is 0 Å². The number of benzene rings is 1. The fourth-order valence-corrected chi connectivity index (χ4v) is 2.65. The Kier molecular flexibility index (Phi) is 2.73.